The zero-order chi connectivity index (χ0) is 9.68. The van der Waals surface area contributed by atoms with Crippen molar-refractivity contribution in [2.45, 2.75) is 13.2 Å². The Kier molecular flexibility index (Phi) is 3.57. The van der Waals surface area contributed by atoms with E-state index < -0.39 is 6.61 Å². The Labute approximate surface area is 74.7 Å². The summed E-state index contributed by atoms with van der Waals surface area (Å²) in [7, 11) is 1.76. The first kappa shape index (κ1) is 9.85. The van der Waals surface area contributed by atoms with Gasteiger partial charge >= 0.3 is 6.61 Å². The predicted molar refractivity (Wildman–Crippen MR) is 43.6 cm³/mol. The maximum absolute atomic E-state index is 11.8. The lowest BCUT2D eigenvalue weighted by atomic mass is 10.3. The molecule has 13 heavy (non-hydrogen) atoms. The molecule has 0 aliphatic rings. The van der Waals surface area contributed by atoms with Crippen LogP contribution in [0.1, 0.15) is 5.56 Å². The van der Waals surface area contributed by atoms with E-state index in [2.05, 4.69) is 15.0 Å². The fraction of sp³-hybridized carbons (Fsp3) is 0.375. The number of alkyl halides is 2. The Morgan fingerprint density at radius 2 is 2.31 bits per heavy atom. The number of aromatic nitrogens is 1. The number of rotatable bonds is 4. The normalized spacial score (nSPS) is 10.5. The van der Waals surface area contributed by atoms with Gasteiger partial charge in [0.1, 0.15) is 5.75 Å². The molecule has 0 bridgehead atoms. The molecule has 1 aromatic rings. The van der Waals surface area contributed by atoms with Gasteiger partial charge in [-0.15, -0.1) is 0 Å². The molecule has 1 rings (SSSR count). The Bertz CT molecular complexity index is 268. The number of hydrogen-bond acceptors (Lipinski definition) is 3. The third-order valence-electron chi connectivity index (χ3n) is 1.38. The molecule has 0 fully saturated rings. The van der Waals surface area contributed by atoms with Gasteiger partial charge in [-0.3, -0.25) is 4.98 Å². The number of pyridine rings is 1. The van der Waals surface area contributed by atoms with E-state index in [4.69, 9.17) is 0 Å². The molecule has 0 radical (unpaired) electrons. The molecule has 5 heteroatoms. The number of halogens is 2. The van der Waals surface area contributed by atoms with Crippen LogP contribution in [-0.4, -0.2) is 18.6 Å². The topological polar surface area (TPSA) is 34.2 Å². The molecule has 0 aliphatic carbocycles. The molecular weight excluding hydrogens is 178 g/mol. The second-order valence-corrected chi connectivity index (χ2v) is 2.44. The molecule has 0 saturated carbocycles. The average molecular weight is 188 g/mol. The average Bonchev–Trinajstić information content (AvgIpc) is 2.04. The summed E-state index contributed by atoms with van der Waals surface area (Å²) in [6.45, 7) is -2.22. The minimum atomic E-state index is -2.80. The van der Waals surface area contributed by atoms with E-state index in [0.717, 1.165) is 5.56 Å². The third-order valence-corrected chi connectivity index (χ3v) is 1.38. The Hall–Kier alpha value is -1.23. The van der Waals surface area contributed by atoms with Crippen LogP contribution in [-0.2, 0) is 6.54 Å². The maximum Gasteiger partial charge on any atom is 0.387 e. The predicted octanol–water partition coefficient (Wildman–Crippen LogP) is 1.40. The summed E-state index contributed by atoms with van der Waals surface area (Å²) < 4.78 is 27.7. The summed E-state index contributed by atoms with van der Waals surface area (Å²) >= 11 is 0. The van der Waals surface area contributed by atoms with Crippen LogP contribution in [0.4, 0.5) is 8.78 Å². The van der Waals surface area contributed by atoms with Crippen molar-refractivity contribution >= 4 is 0 Å². The summed E-state index contributed by atoms with van der Waals surface area (Å²) in [4.78, 5) is 3.76. The highest BCUT2D eigenvalue weighted by atomic mass is 19.3. The fourth-order valence-electron chi connectivity index (χ4n) is 0.932. The molecule has 0 amide bonds. The second kappa shape index (κ2) is 4.71. The van der Waals surface area contributed by atoms with Gasteiger partial charge in [-0.1, -0.05) is 0 Å². The zero-order valence-electron chi connectivity index (χ0n) is 7.13. The number of nitrogens with zero attached hydrogens (tertiary/aromatic N) is 1. The molecule has 72 valence electrons. The summed E-state index contributed by atoms with van der Waals surface area (Å²) in [6, 6.07) is 1.52. The van der Waals surface area contributed by atoms with Gasteiger partial charge in [-0.05, 0) is 18.7 Å². The van der Waals surface area contributed by atoms with Gasteiger partial charge in [0.15, 0.2) is 0 Å². The van der Waals surface area contributed by atoms with Crippen LogP contribution in [0.25, 0.3) is 0 Å². The Morgan fingerprint density at radius 1 is 1.54 bits per heavy atom. The zero-order valence-corrected chi connectivity index (χ0v) is 7.13. The van der Waals surface area contributed by atoms with E-state index >= 15 is 0 Å². The van der Waals surface area contributed by atoms with Crippen LogP contribution in [0, 0.1) is 0 Å². The quantitative estimate of drug-likeness (QED) is 0.775. The molecule has 3 nitrogen and oxygen atoms in total. The summed E-state index contributed by atoms with van der Waals surface area (Å²) in [5.41, 5.74) is 0.806. The van der Waals surface area contributed by atoms with Crippen molar-refractivity contribution in [3.05, 3.63) is 24.0 Å². The monoisotopic (exact) mass is 188 g/mol. The summed E-state index contributed by atoms with van der Waals surface area (Å²) in [5, 5.41) is 2.88. The lowest BCUT2D eigenvalue weighted by Gasteiger charge is -2.05. The first-order chi connectivity index (χ1) is 6.22. The SMILES string of the molecule is CNCc1cncc(OC(F)F)c1. The van der Waals surface area contributed by atoms with Gasteiger partial charge in [-0.2, -0.15) is 8.78 Å². The van der Waals surface area contributed by atoms with Gasteiger partial charge in [-0.25, -0.2) is 0 Å². The maximum atomic E-state index is 11.8. The highest BCUT2D eigenvalue weighted by molar-refractivity contribution is 5.23. The van der Waals surface area contributed by atoms with Gasteiger partial charge in [0.2, 0.25) is 0 Å². The molecule has 1 aromatic heterocycles. The second-order valence-electron chi connectivity index (χ2n) is 2.44. The van der Waals surface area contributed by atoms with Crippen molar-refractivity contribution in [3.8, 4) is 5.75 Å². The summed E-state index contributed by atoms with van der Waals surface area (Å²) in [6.07, 6.45) is 2.85. The largest absolute Gasteiger partial charge is 0.433 e. The van der Waals surface area contributed by atoms with E-state index in [0.29, 0.717) is 6.54 Å². The molecule has 1 heterocycles. The van der Waals surface area contributed by atoms with Crippen LogP contribution in [0.2, 0.25) is 0 Å². The third kappa shape index (κ3) is 3.33. The van der Waals surface area contributed by atoms with E-state index in [1.807, 2.05) is 0 Å². The van der Waals surface area contributed by atoms with Gasteiger partial charge < -0.3 is 10.1 Å². The molecule has 0 aromatic carbocycles. The van der Waals surface area contributed by atoms with E-state index in [-0.39, 0.29) is 5.75 Å². The highest BCUT2D eigenvalue weighted by Gasteiger charge is 2.04. The smallest absolute Gasteiger partial charge is 0.387 e. The standard InChI is InChI=1S/C8H10F2N2O/c1-11-3-6-2-7(5-12-4-6)13-8(9)10/h2,4-5,8,11H,3H2,1H3. The molecule has 1 N–H and O–H groups in total. The van der Waals surface area contributed by atoms with Crippen molar-refractivity contribution in [2.24, 2.45) is 0 Å². The van der Waals surface area contributed by atoms with Crippen molar-refractivity contribution in [1.29, 1.82) is 0 Å². The van der Waals surface area contributed by atoms with E-state index in [1.165, 1.54) is 12.3 Å². The van der Waals surface area contributed by atoms with Crippen molar-refractivity contribution < 1.29 is 13.5 Å². The van der Waals surface area contributed by atoms with Gasteiger partial charge in [0.05, 0.1) is 6.20 Å². The molecule has 0 spiro atoms. The highest BCUT2D eigenvalue weighted by Crippen LogP contribution is 2.13. The Morgan fingerprint density at radius 3 is 2.92 bits per heavy atom. The van der Waals surface area contributed by atoms with Crippen LogP contribution < -0.4 is 10.1 Å². The molecule has 0 unspecified atom stereocenters. The number of ether oxygens (including phenoxy) is 1. The van der Waals surface area contributed by atoms with Crippen molar-refractivity contribution in [2.75, 3.05) is 7.05 Å². The number of nitrogens with one attached hydrogen (secondary N) is 1. The van der Waals surface area contributed by atoms with Crippen molar-refractivity contribution in [3.63, 3.8) is 0 Å². The van der Waals surface area contributed by atoms with Crippen LogP contribution >= 0.6 is 0 Å². The first-order valence-electron chi connectivity index (χ1n) is 3.75. The van der Waals surface area contributed by atoms with Crippen LogP contribution in [0.15, 0.2) is 18.5 Å². The fourth-order valence-corrected chi connectivity index (χ4v) is 0.932. The van der Waals surface area contributed by atoms with Crippen LogP contribution in [0.5, 0.6) is 5.75 Å². The lowest BCUT2D eigenvalue weighted by Crippen LogP contribution is -2.07. The minimum absolute atomic E-state index is 0.0859. The molecular formula is C8H10F2N2O. The van der Waals surface area contributed by atoms with E-state index in [1.54, 1.807) is 13.2 Å². The molecule has 0 atom stereocenters. The molecule has 0 saturated heterocycles. The van der Waals surface area contributed by atoms with E-state index in [9.17, 15) is 8.78 Å². The Balaban J connectivity index is 2.67. The molecule has 0 aliphatic heterocycles. The van der Waals surface area contributed by atoms with Crippen molar-refractivity contribution in [1.82, 2.24) is 10.3 Å². The minimum Gasteiger partial charge on any atom is -0.433 e. The number of hydrogen-bond donors (Lipinski definition) is 1. The van der Waals surface area contributed by atoms with Gasteiger partial charge in [0, 0.05) is 12.7 Å². The summed E-state index contributed by atoms with van der Waals surface area (Å²) in [5.74, 6) is 0.0859. The first-order valence-corrected chi connectivity index (χ1v) is 3.75. The lowest BCUT2D eigenvalue weighted by molar-refractivity contribution is -0.0501. The van der Waals surface area contributed by atoms with Gasteiger partial charge in [0.25, 0.3) is 0 Å². The van der Waals surface area contributed by atoms with Crippen LogP contribution in [0.3, 0.4) is 0 Å².